The monoisotopic (exact) mass is 205 g/mol. The van der Waals surface area contributed by atoms with Crippen LogP contribution in [-0.4, -0.2) is 12.7 Å². The van der Waals surface area contributed by atoms with Gasteiger partial charge in [0.15, 0.2) is 0 Å². The largest absolute Gasteiger partial charge is 0.416 e. The Bertz CT molecular complexity index is 286. The quantitative estimate of drug-likeness (QED) is 0.699. The summed E-state index contributed by atoms with van der Waals surface area (Å²) in [4.78, 5) is 0. The Labute approximate surface area is 81.5 Å². The van der Waals surface area contributed by atoms with Crippen LogP contribution in [0.1, 0.15) is 20.3 Å². The highest BCUT2D eigenvalue weighted by atomic mass is 19.4. The van der Waals surface area contributed by atoms with Gasteiger partial charge in [-0.25, -0.2) is 0 Å². The topological polar surface area (TPSA) is 26.0 Å². The lowest BCUT2D eigenvalue weighted by Gasteiger charge is -2.25. The summed E-state index contributed by atoms with van der Waals surface area (Å²) in [5.41, 5.74) is 5.95. The van der Waals surface area contributed by atoms with E-state index in [1.807, 2.05) is 6.92 Å². The third kappa shape index (κ3) is 2.00. The number of alkyl halides is 3. The zero-order valence-electron chi connectivity index (χ0n) is 8.28. The van der Waals surface area contributed by atoms with E-state index in [-0.39, 0.29) is 12.5 Å². The van der Waals surface area contributed by atoms with Gasteiger partial charge >= 0.3 is 6.18 Å². The molecule has 14 heavy (non-hydrogen) atoms. The minimum absolute atomic E-state index is 0.131. The zero-order valence-corrected chi connectivity index (χ0v) is 8.28. The van der Waals surface area contributed by atoms with E-state index in [0.717, 1.165) is 5.57 Å². The van der Waals surface area contributed by atoms with E-state index in [9.17, 15) is 13.2 Å². The Hall–Kier alpha value is -0.770. The molecule has 1 atom stereocenters. The van der Waals surface area contributed by atoms with Gasteiger partial charge in [-0.3, -0.25) is 0 Å². The molecule has 80 valence electrons. The van der Waals surface area contributed by atoms with Crippen molar-refractivity contribution in [3.8, 4) is 0 Å². The number of rotatable bonds is 1. The Kier molecular flexibility index (Phi) is 3.04. The first-order valence-electron chi connectivity index (χ1n) is 4.55. The average Bonchev–Trinajstić information content (AvgIpc) is 2.02. The van der Waals surface area contributed by atoms with Gasteiger partial charge in [0, 0.05) is 6.54 Å². The summed E-state index contributed by atoms with van der Waals surface area (Å²) in [5, 5.41) is 0. The Morgan fingerprint density at radius 3 is 2.50 bits per heavy atom. The van der Waals surface area contributed by atoms with Crippen molar-refractivity contribution < 1.29 is 13.2 Å². The maximum atomic E-state index is 12.5. The van der Waals surface area contributed by atoms with Gasteiger partial charge in [0.1, 0.15) is 0 Å². The number of hydrogen-bond donors (Lipinski definition) is 1. The summed E-state index contributed by atoms with van der Waals surface area (Å²) in [6.45, 7) is 3.60. The summed E-state index contributed by atoms with van der Waals surface area (Å²) >= 11 is 0. The molecule has 0 bridgehead atoms. The first kappa shape index (κ1) is 11.3. The van der Waals surface area contributed by atoms with Crippen LogP contribution in [-0.2, 0) is 0 Å². The van der Waals surface area contributed by atoms with E-state index < -0.39 is 11.7 Å². The van der Waals surface area contributed by atoms with Crippen LogP contribution in [0.15, 0.2) is 22.8 Å². The van der Waals surface area contributed by atoms with Gasteiger partial charge in [0.25, 0.3) is 0 Å². The maximum absolute atomic E-state index is 12.5. The highest BCUT2D eigenvalue weighted by molar-refractivity contribution is 5.41. The summed E-state index contributed by atoms with van der Waals surface area (Å²) in [6, 6.07) is 0. The standard InChI is InChI=1S/C10H14F3N/c1-6-3-4-9(10(11,12)13)7(2)8(6)5-14/h4,6H,3,5,14H2,1-2H3. The molecule has 1 aliphatic rings. The molecule has 4 heteroatoms. The molecule has 1 aliphatic carbocycles. The van der Waals surface area contributed by atoms with Crippen LogP contribution >= 0.6 is 0 Å². The zero-order chi connectivity index (χ0) is 10.9. The van der Waals surface area contributed by atoms with Crippen molar-refractivity contribution in [1.82, 2.24) is 0 Å². The Morgan fingerprint density at radius 2 is 2.07 bits per heavy atom. The molecule has 0 radical (unpaired) electrons. The highest BCUT2D eigenvalue weighted by Crippen LogP contribution is 2.38. The molecule has 0 heterocycles. The second-order valence-electron chi connectivity index (χ2n) is 3.61. The lowest BCUT2D eigenvalue weighted by molar-refractivity contribution is -0.0900. The fourth-order valence-electron chi connectivity index (χ4n) is 1.82. The first-order chi connectivity index (χ1) is 6.38. The van der Waals surface area contributed by atoms with Crippen molar-refractivity contribution in [3.05, 3.63) is 22.8 Å². The lowest BCUT2D eigenvalue weighted by Crippen LogP contribution is -2.22. The second kappa shape index (κ2) is 3.77. The minimum atomic E-state index is -4.25. The SMILES string of the molecule is CC1=C(CN)C(C)CC=C1C(F)(F)F. The molecule has 0 aliphatic heterocycles. The number of allylic oxidation sites excluding steroid dienone is 3. The van der Waals surface area contributed by atoms with Crippen molar-refractivity contribution in [2.45, 2.75) is 26.4 Å². The van der Waals surface area contributed by atoms with Crippen LogP contribution in [0.4, 0.5) is 13.2 Å². The molecular weight excluding hydrogens is 191 g/mol. The summed E-state index contributed by atoms with van der Waals surface area (Å²) in [7, 11) is 0. The van der Waals surface area contributed by atoms with Gasteiger partial charge in [0.05, 0.1) is 5.57 Å². The average molecular weight is 205 g/mol. The normalized spacial score (nSPS) is 23.9. The smallest absolute Gasteiger partial charge is 0.327 e. The predicted octanol–water partition coefficient (Wildman–Crippen LogP) is 2.79. The fourth-order valence-corrected chi connectivity index (χ4v) is 1.82. The first-order valence-corrected chi connectivity index (χ1v) is 4.55. The lowest BCUT2D eigenvalue weighted by atomic mass is 9.84. The van der Waals surface area contributed by atoms with E-state index in [0.29, 0.717) is 12.0 Å². The van der Waals surface area contributed by atoms with Crippen LogP contribution in [0.5, 0.6) is 0 Å². The number of hydrogen-bond acceptors (Lipinski definition) is 1. The van der Waals surface area contributed by atoms with Crippen LogP contribution < -0.4 is 5.73 Å². The summed E-state index contributed by atoms with van der Waals surface area (Å²) in [5.74, 6) is 0.131. The van der Waals surface area contributed by atoms with Crippen molar-refractivity contribution in [2.75, 3.05) is 6.54 Å². The van der Waals surface area contributed by atoms with E-state index in [4.69, 9.17) is 5.73 Å². The van der Waals surface area contributed by atoms with Gasteiger partial charge in [0.2, 0.25) is 0 Å². The van der Waals surface area contributed by atoms with Crippen LogP contribution in [0, 0.1) is 5.92 Å². The molecule has 0 aromatic carbocycles. The van der Waals surface area contributed by atoms with Crippen molar-refractivity contribution in [3.63, 3.8) is 0 Å². The molecule has 0 fully saturated rings. The van der Waals surface area contributed by atoms with Gasteiger partial charge in [-0.1, -0.05) is 18.6 Å². The second-order valence-corrected chi connectivity index (χ2v) is 3.61. The van der Waals surface area contributed by atoms with Crippen molar-refractivity contribution in [1.29, 1.82) is 0 Å². The molecular formula is C10H14F3N. The molecule has 1 rings (SSSR count). The Balaban J connectivity index is 3.09. The van der Waals surface area contributed by atoms with Crippen molar-refractivity contribution >= 4 is 0 Å². The van der Waals surface area contributed by atoms with Gasteiger partial charge < -0.3 is 5.73 Å². The highest BCUT2D eigenvalue weighted by Gasteiger charge is 2.37. The molecule has 1 nitrogen and oxygen atoms in total. The predicted molar refractivity (Wildman–Crippen MR) is 49.7 cm³/mol. The molecule has 0 saturated heterocycles. The van der Waals surface area contributed by atoms with Gasteiger partial charge in [-0.05, 0) is 24.8 Å². The maximum Gasteiger partial charge on any atom is 0.416 e. The van der Waals surface area contributed by atoms with Crippen LogP contribution in [0.2, 0.25) is 0 Å². The number of halogens is 3. The fraction of sp³-hybridized carbons (Fsp3) is 0.600. The molecule has 2 N–H and O–H groups in total. The third-order valence-electron chi connectivity index (χ3n) is 2.68. The van der Waals surface area contributed by atoms with Crippen LogP contribution in [0.3, 0.4) is 0 Å². The molecule has 0 aromatic rings. The molecule has 1 unspecified atom stereocenters. The molecule has 0 aromatic heterocycles. The summed E-state index contributed by atoms with van der Waals surface area (Å²) < 4.78 is 37.5. The van der Waals surface area contributed by atoms with E-state index in [1.165, 1.54) is 13.0 Å². The third-order valence-corrected chi connectivity index (χ3v) is 2.68. The van der Waals surface area contributed by atoms with E-state index >= 15 is 0 Å². The van der Waals surface area contributed by atoms with Gasteiger partial charge in [-0.15, -0.1) is 0 Å². The molecule has 0 spiro atoms. The van der Waals surface area contributed by atoms with E-state index in [2.05, 4.69) is 0 Å². The van der Waals surface area contributed by atoms with E-state index in [1.54, 1.807) is 0 Å². The minimum Gasteiger partial charge on any atom is -0.327 e. The number of nitrogens with two attached hydrogens (primary N) is 1. The molecule has 0 saturated carbocycles. The van der Waals surface area contributed by atoms with Crippen LogP contribution in [0.25, 0.3) is 0 Å². The summed E-state index contributed by atoms with van der Waals surface area (Å²) in [6.07, 6.45) is -2.55. The van der Waals surface area contributed by atoms with Gasteiger partial charge in [-0.2, -0.15) is 13.2 Å². The Morgan fingerprint density at radius 1 is 1.50 bits per heavy atom. The molecule has 0 amide bonds. The van der Waals surface area contributed by atoms with Crippen molar-refractivity contribution in [2.24, 2.45) is 11.7 Å².